The number of carboxylic acid groups (broad SMARTS) is 1. The van der Waals surface area contributed by atoms with Crippen molar-refractivity contribution in [3.63, 3.8) is 0 Å². The third kappa shape index (κ3) is 9.12. The second-order valence-electron chi connectivity index (χ2n) is 5.84. The van der Waals surface area contributed by atoms with Gasteiger partial charge < -0.3 is 10.4 Å². The predicted molar refractivity (Wildman–Crippen MR) is 75.5 cm³/mol. The second kappa shape index (κ2) is 8.58. The van der Waals surface area contributed by atoms with Gasteiger partial charge in [0.25, 0.3) is 0 Å². The molecule has 0 aromatic carbocycles. The number of carboxylic acids is 1. The first kappa shape index (κ1) is 17.5. The molecule has 0 aromatic rings. The summed E-state index contributed by atoms with van der Waals surface area (Å²) in [6, 6.07) is 0. The van der Waals surface area contributed by atoms with Gasteiger partial charge in [0, 0.05) is 25.8 Å². The molecule has 1 atom stereocenters. The Kier molecular flexibility index (Phi) is 7.90. The quantitative estimate of drug-likeness (QED) is 0.664. The van der Waals surface area contributed by atoms with E-state index in [1.807, 2.05) is 0 Å². The van der Waals surface area contributed by atoms with Crippen LogP contribution >= 0.6 is 0 Å². The number of hydrogen-bond acceptors (Lipinski definition) is 2. The Balaban J connectivity index is 4.10. The molecule has 0 saturated heterocycles. The number of hydrogen-bond donors (Lipinski definition) is 2. The summed E-state index contributed by atoms with van der Waals surface area (Å²) in [6.45, 7) is 6.87. The van der Waals surface area contributed by atoms with Gasteiger partial charge in [0.1, 0.15) is 0 Å². The van der Waals surface area contributed by atoms with Crippen molar-refractivity contribution in [1.82, 2.24) is 5.32 Å². The van der Waals surface area contributed by atoms with E-state index >= 15 is 0 Å². The van der Waals surface area contributed by atoms with Gasteiger partial charge in [-0.25, -0.2) is 0 Å². The minimum atomic E-state index is -0.771. The first-order chi connectivity index (χ1) is 8.77. The molecule has 108 valence electrons. The Morgan fingerprint density at radius 3 is 2.37 bits per heavy atom. The van der Waals surface area contributed by atoms with Crippen molar-refractivity contribution in [1.29, 1.82) is 0 Å². The van der Waals surface area contributed by atoms with E-state index < -0.39 is 5.97 Å². The van der Waals surface area contributed by atoms with E-state index in [0.29, 0.717) is 25.8 Å². The SMILES string of the molecule is C#CCCC(=O)NCCC(CCC(=O)O)C(C)(C)C. The number of rotatable bonds is 8. The molecular formula is C15H25NO3. The van der Waals surface area contributed by atoms with Crippen LogP contribution in [-0.4, -0.2) is 23.5 Å². The van der Waals surface area contributed by atoms with Crippen LogP contribution in [0.3, 0.4) is 0 Å². The van der Waals surface area contributed by atoms with Crippen LogP contribution in [0.1, 0.15) is 52.9 Å². The number of terminal acetylenes is 1. The van der Waals surface area contributed by atoms with Gasteiger partial charge >= 0.3 is 5.97 Å². The molecule has 1 amide bonds. The molecule has 0 aliphatic carbocycles. The lowest BCUT2D eigenvalue weighted by Gasteiger charge is -2.30. The van der Waals surface area contributed by atoms with E-state index in [0.717, 1.165) is 6.42 Å². The summed E-state index contributed by atoms with van der Waals surface area (Å²) < 4.78 is 0. The molecule has 0 radical (unpaired) electrons. The van der Waals surface area contributed by atoms with Gasteiger partial charge in [0.05, 0.1) is 0 Å². The summed E-state index contributed by atoms with van der Waals surface area (Å²) in [6.07, 6.45) is 7.50. The lowest BCUT2D eigenvalue weighted by molar-refractivity contribution is -0.137. The smallest absolute Gasteiger partial charge is 0.303 e. The molecule has 0 fully saturated rings. The highest BCUT2D eigenvalue weighted by Crippen LogP contribution is 2.32. The molecule has 19 heavy (non-hydrogen) atoms. The van der Waals surface area contributed by atoms with Crippen LogP contribution in [0.2, 0.25) is 0 Å². The lowest BCUT2D eigenvalue weighted by atomic mass is 9.76. The monoisotopic (exact) mass is 267 g/mol. The van der Waals surface area contributed by atoms with E-state index in [1.54, 1.807) is 0 Å². The summed E-state index contributed by atoms with van der Waals surface area (Å²) in [7, 11) is 0. The average Bonchev–Trinajstić information content (AvgIpc) is 2.28. The van der Waals surface area contributed by atoms with Crippen LogP contribution in [-0.2, 0) is 9.59 Å². The zero-order valence-corrected chi connectivity index (χ0v) is 12.2. The van der Waals surface area contributed by atoms with Crippen molar-refractivity contribution >= 4 is 11.9 Å². The van der Waals surface area contributed by atoms with Gasteiger partial charge in [0.2, 0.25) is 5.91 Å². The normalized spacial score (nSPS) is 12.5. The zero-order chi connectivity index (χ0) is 14.9. The summed E-state index contributed by atoms with van der Waals surface area (Å²) in [5.74, 6) is 1.89. The molecule has 1 unspecified atom stereocenters. The molecule has 4 heteroatoms. The lowest BCUT2D eigenvalue weighted by Crippen LogP contribution is -2.29. The van der Waals surface area contributed by atoms with Crippen molar-refractivity contribution in [2.75, 3.05) is 6.54 Å². The highest BCUT2D eigenvalue weighted by atomic mass is 16.4. The van der Waals surface area contributed by atoms with Crippen LogP contribution in [0.4, 0.5) is 0 Å². The van der Waals surface area contributed by atoms with Gasteiger partial charge in [-0.2, -0.15) is 0 Å². The van der Waals surface area contributed by atoms with Gasteiger partial charge in [-0.3, -0.25) is 9.59 Å². The van der Waals surface area contributed by atoms with E-state index in [1.165, 1.54) is 0 Å². The van der Waals surface area contributed by atoms with Gasteiger partial charge in [-0.15, -0.1) is 12.3 Å². The van der Waals surface area contributed by atoms with Crippen LogP contribution in [0, 0.1) is 23.7 Å². The van der Waals surface area contributed by atoms with E-state index in [9.17, 15) is 9.59 Å². The average molecular weight is 267 g/mol. The van der Waals surface area contributed by atoms with Gasteiger partial charge in [-0.1, -0.05) is 20.8 Å². The molecule has 0 heterocycles. The molecule has 0 rings (SSSR count). The number of nitrogens with one attached hydrogen (secondary N) is 1. The molecule has 0 saturated carbocycles. The molecule has 4 nitrogen and oxygen atoms in total. The number of carbonyl (C=O) groups is 2. The molecule has 0 bridgehead atoms. The Bertz CT molecular complexity index is 336. The van der Waals surface area contributed by atoms with Crippen LogP contribution in [0.25, 0.3) is 0 Å². The van der Waals surface area contributed by atoms with Crippen molar-refractivity contribution in [3.8, 4) is 12.3 Å². The van der Waals surface area contributed by atoms with Crippen molar-refractivity contribution in [2.45, 2.75) is 52.9 Å². The van der Waals surface area contributed by atoms with Crippen LogP contribution in [0.15, 0.2) is 0 Å². The molecule has 0 aromatic heterocycles. The summed E-state index contributed by atoms with van der Waals surface area (Å²) in [5, 5.41) is 11.6. The van der Waals surface area contributed by atoms with Crippen molar-refractivity contribution in [3.05, 3.63) is 0 Å². The number of aliphatic carboxylic acids is 1. The van der Waals surface area contributed by atoms with Gasteiger partial charge in [-0.05, 0) is 24.2 Å². The van der Waals surface area contributed by atoms with E-state index in [4.69, 9.17) is 11.5 Å². The third-order valence-corrected chi connectivity index (χ3v) is 3.24. The maximum atomic E-state index is 11.4. The standard InChI is InChI=1S/C15H25NO3/c1-5-6-7-13(17)16-11-10-12(15(2,3)4)8-9-14(18)19/h1,12H,6-11H2,2-4H3,(H,16,17)(H,18,19). The largest absolute Gasteiger partial charge is 0.481 e. The molecule has 0 aliphatic rings. The molecule has 0 aliphatic heterocycles. The Hall–Kier alpha value is -1.50. The fourth-order valence-electron chi connectivity index (χ4n) is 1.97. The Morgan fingerprint density at radius 1 is 1.26 bits per heavy atom. The minimum absolute atomic E-state index is 0.0381. The van der Waals surface area contributed by atoms with Gasteiger partial charge in [0.15, 0.2) is 0 Å². The Morgan fingerprint density at radius 2 is 1.89 bits per heavy atom. The second-order valence-corrected chi connectivity index (χ2v) is 5.84. The summed E-state index contributed by atoms with van der Waals surface area (Å²) in [4.78, 5) is 22.0. The third-order valence-electron chi connectivity index (χ3n) is 3.24. The fourth-order valence-corrected chi connectivity index (χ4v) is 1.97. The Labute approximate surface area is 116 Å². The maximum absolute atomic E-state index is 11.4. The summed E-state index contributed by atoms with van der Waals surface area (Å²) >= 11 is 0. The van der Waals surface area contributed by atoms with Crippen molar-refractivity contribution in [2.24, 2.45) is 11.3 Å². The van der Waals surface area contributed by atoms with E-state index in [2.05, 4.69) is 32.0 Å². The van der Waals surface area contributed by atoms with Crippen LogP contribution in [0.5, 0.6) is 0 Å². The molecule has 2 N–H and O–H groups in total. The minimum Gasteiger partial charge on any atom is -0.481 e. The predicted octanol–water partition coefficient (Wildman–Crippen LogP) is 2.43. The molecular weight excluding hydrogens is 242 g/mol. The summed E-state index contributed by atoms with van der Waals surface area (Å²) in [5.41, 5.74) is 0.0407. The maximum Gasteiger partial charge on any atom is 0.303 e. The first-order valence-electron chi connectivity index (χ1n) is 6.69. The number of amides is 1. The van der Waals surface area contributed by atoms with E-state index in [-0.39, 0.29) is 23.7 Å². The van der Waals surface area contributed by atoms with Crippen LogP contribution < -0.4 is 5.32 Å². The number of carbonyl (C=O) groups excluding carboxylic acids is 1. The highest BCUT2D eigenvalue weighted by molar-refractivity contribution is 5.76. The highest BCUT2D eigenvalue weighted by Gasteiger charge is 2.24. The fraction of sp³-hybridized carbons (Fsp3) is 0.733. The van der Waals surface area contributed by atoms with Crippen molar-refractivity contribution < 1.29 is 14.7 Å². The first-order valence-corrected chi connectivity index (χ1v) is 6.69. The topological polar surface area (TPSA) is 66.4 Å². The zero-order valence-electron chi connectivity index (χ0n) is 12.2. The molecule has 0 spiro atoms.